The van der Waals surface area contributed by atoms with Gasteiger partial charge in [-0.2, -0.15) is 19.6 Å². The molecule has 26 heavy (non-hydrogen) atoms. The Morgan fingerprint density at radius 1 is 1.38 bits per heavy atom. The molecule has 0 aliphatic carbocycles. The van der Waals surface area contributed by atoms with Crippen molar-refractivity contribution in [2.45, 2.75) is 19.9 Å². The summed E-state index contributed by atoms with van der Waals surface area (Å²) in [6.45, 7) is 3.34. The van der Waals surface area contributed by atoms with Crippen LogP contribution in [-0.4, -0.2) is 31.4 Å². The molecule has 0 aromatic carbocycles. The quantitative estimate of drug-likeness (QED) is 0.726. The Bertz CT molecular complexity index is 1060. The number of Topliss-reactive ketones (excluding diaryl/α,β-unsaturated/α-hetero) is 1. The van der Waals surface area contributed by atoms with Crippen molar-refractivity contribution in [1.82, 2.24) is 24.9 Å². The van der Waals surface area contributed by atoms with Gasteiger partial charge in [0.2, 0.25) is 17.4 Å². The Morgan fingerprint density at radius 3 is 2.96 bits per heavy atom. The summed E-state index contributed by atoms with van der Waals surface area (Å²) in [4.78, 5) is 20.0. The lowest BCUT2D eigenvalue weighted by molar-refractivity contribution is -0.117. The second-order valence-electron chi connectivity index (χ2n) is 5.81. The number of nitrogens with one attached hydrogen (secondary N) is 1. The molecular formula is C17H16N6O3. The molecule has 1 aliphatic rings. The van der Waals surface area contributed by atoms with E-state index in [0.717, 1.165) is 5.76 Å². The molecule has 0 saturated carbocycles. The fraction of sp³-hybridized carbons (Fsp3) is 0.176. The maximum atomic E-state index is 11.5. The summed E-state index contributed by atoms with van der Waals surface area (Å²) in [6.07, 6.45) is 6.73. The lowest BCUT2D eigenvalue weighted by Gasteiger charge is -2.18. The largest absolute Gasteiger partial charge is 0.458 e. The Hall–Kier alpha value is -3.62. The molecule has 9 heteroatoms. The van der Waals surface area contributed by atoms with Gasteiger partial charge in [0.05, 0.1) is 6.20 Å². The molecule has 0 radical (unpaired) electrons. The van der Waals surface area contributed by atoms with E-state index in [9.17, 15) is 4.79 Å². The molecule has 1 aliphatic heterocycles. The van der Waals surface area contributed by atoms with Gasteiger partial charge in [0.15, 0.2) is 23.2 Å². The van der Waals surface area contributed by atoms with Gasteiger partial charge in [-0.05, 0) is 32.1 Å². The van der Waals surface area contributed by atoms with Gasteiger partial charge in [-0.25, -0.2) is 0 Å². The molecule has 1 unspecified atom stereocenters. The van der Waals surface area contributed by atoms with Gasteiger partial charge in [-0.3, -0.25) is 4.79 Å². The first-order valence-corrected chi connectivity index (χ1v) is 7.92. The van der Waals surface area contributed by atoms with E-state index < -0.39 is 6.04 Å². The second-order valence-corrected chi connectivity index (χ2v) is 5.81. The number of fused-ring (bicyclic) bond motifs is 1. The number of aromatic nitrogens is 4. The van der Waals surface area contributed by atoms with Crippen LogP contribution in [0, 0.1) is 6.92 Å². The summed E-state index contributed by atoms with van der Waals surface area (Å²) in [5.74, 6) is 2.52. The van der Waals surface area contributed by atoms with Crippen molar-refractivity contribution < 1.29 is 13.9 Å². The third-order valence-corrected chi connectivity index (χ3v) is 3.82. The van der Waals surface area contributed by atoms with E-state index in [0.29, 0.717) is 28.9 Å². The Morgan fingerprint density at radius 2 is 2.23 bits per heavy atom. The van der Waals surface area contributed by atoms with Crippen LogP contribution in [0.15, 0.2) is 46.9 Å². The lowest BCUT2D eigenvalue weighted by atomic mass is 10.1. The molecule has 0 bridgehead atoms. The van der Waals surface area contributed by atoms with E-state index in [4.69, 9.17) is 14.9 Å². The number of carbonyl (C=O) groups excluding carboxylic acids is 1. The molecule has 4 rings (SSSR count). The summed E-state index contributed by atoms with van der Waals surface area (Å²) >= 11 is 0. The molecule has 0 fully saturated rings. The zero-order chi connectivity index (χ0) is 18.3. The summed E-state index contributed by atoms with van der Waals surface area (Å²) in [5, 5.41) is 7.27. The van der Waals surface area contributed by atoms with Gasteiger partial charge >= 0.3 is 0 Å². The number of aryl methyl sites for hydroxylation is 1. The van der Waals surface area contributed by atoms with Crippen molar-refractivity contribution in [2.24, 2.45) is 0 Å². The van der Waals surface area contributed by atoms with E-state index in [1.54, 1.807) is 24.3 Å². The fourth-order valence-electron chi connectivity index (χ4n) is 2.58. The normalized spacial score (nSPS) is 16.4. The number of anilines is 1. The van der Waals surface area contributed by atoms with Crippen LogP contribution in [0.5, 0.6) is 5.75 Å². The van der Waals surface area contributed by atoms with Crippen molar-refractivity contribution in [3.05, 3.63) is 48.2 Å². The number of allylic oxidation sites excluding steroid dienone is 2. The van der Waals surface area contributed by atoms with E-state index in [-0.39, 0.29) is 11.7 Å². The van der Waals surface area contributed by atoms with Crippen LogP contribution in [0.3, 0.4) is 0 Å². The predicted octanol–water partition coefficient (Wildman–Crippen LogP) is 1.61. The molecule has 132 valence electrons. The molecule has 3 N–H and O–H groups in total. The summed E-state index contributed by atoms with van der Waals surface area (Å²) in [7, 11) is 0. The van der Waals surface area contributed by atoms with Gasteiger partial charge in [0.25, 0.3) is 0 Å². The predicted molar refractivity (Wildman–Crippen MR) is 93.1 cm³/mol. The van der Waals surface area contributed by atoms with Gasteiger partial charge < -0.3 is 20.2 Å². The van der Waals surface area contributed by atoms with Crippen molar-refractivity contribution in [3.8, 4) is 17.3 Å². The van der Waals surface area contributed by atoms with Crippen LogP contribution in [0.2, 0.25) is 0 Å². The number of hydrogen-bond donors (Lipinski definition) is 2. The van der Waals surface area contributed by atoms with Crippen LogP contribution in [0.1, 0.15) is 12.7 Å². The standard InChI is InChI=1S/C17H16N6O3/c1-9-6-7-12(25-9)15-21-17(18)22-16-13(8-19-23(15)16)26-14-5-3-4-11(20-14)10(2)24/h3-8,11,20H,1-2H3,(H2,18,22). The molecule has 4 heterocycles. The van der Waals surface area contributed by atoms with Crippen molar-refractivity contribution in [2.75, 3.05) is 5.73 Å². The van der Waals surface area contributed by atoms with E-state index >= 15 is 0 Å². The highest BCUT2D eigenvalue weighted by Gasteiger charge is 2.20. The maximum absolute atomic E-state index is 11.5. The zero-order valence-electron chi connectivity index (χ0n) is 14.1. The third kappa shape index (κ3) is 2.79. The average molecular weight is 352 g/mol. The monoisotopic (exact) mass is 352 g/mol. The van der Waals surface area contributed by atoms with Gasteiger partial charge in [-0.15, -0.1) is 0 Å². The number of dihydropyridines is 1. The number of furan rings is 1. The maximum Gasteiger partial charge on any atom is 0.224 e. The number of nitrogen functional groups attached to an aromatic ring is 1. The molecular weight excluding hydrogens is 336 g/mol. The minimum Gasteiger partial charge on any atom is -0.458 e. The van der Waals surface area contributed by atoms with Crippen molar-refractivity contribution in [3.63, 3.8) is 0 Å². The first kappa shape index (κ1) is 15.9. The first-order valence-electron chi connectivity index (χ1n) is 7.92. The summed E-state index contributed by atoms with van der Waals surface area (Å²) in [5.41, 5.74) is 6.23. The third-order valence-electron chi connectivity index (χ3n) is 3.82. The van der Waals surface area contributed by atoms with Crippen molar-refractivity contribution >= 4 is 17.4 Å². The minimum absolute atomic E-state index is 0.0163. The molecule has 1 atom stereocenters. The Labute approximate surface area is 148 Å². The van der Waals surface area contributed by atoms with E-state index in [1.807, 2.05) is 13.0 Å². The molecule has 0 amide bonds. The zero-order valence-corrected chi connectivity index (χ0v) is 14.1. The summed E-state index contributed by atoms with van der Waals surface area (Å²) < 4.78 is 12.9. The Balaban J connectivity index is 1.72. The molecule has 0 saturated heterocycles. The number of hydrogen-bond acceptors (Lipinski definition) is 8. The molecule has 9 nitrogen and oxygen atoms in total. The summed E-state index contributed by atoms with van der Waals surface area (Å²) in [6, 6.07) is 3.18. The van der Waals surface area contributed by atoms with Crippen LogP contribution in [0.25, 0.3) is 17.2 Å². The molecule has 3 aromatic heterocycles. The number of carbonyl (C=O) groups is 1. The van der Waals surface area contributed by atoms with Crippen LogP contribution >= 0.6 is 0 Å². The number of nitrogens with two attached hydrogens (primary N) is 1. The van der Waals surface area contributed by atoms with Crippen LogP contribution < -0.4 is 15.8 Å². The molecule has 0 spiro atoms. The highest BCUT2D eigenvalue weighted by atomic mass is 16.5. The highest BCUT2D eigenvalue weighted by molar-refractivity contribution is 5.84. The number of nitrogens with zero attached hydrogens (tertiary/aromatic N) is 4. The molecule has 3 aromatic rings. The Kier molecular flexibility index (Phi) is 3.68. The van der Waals surface area contributed by atoms with Gasteiger partial charge in [0, 0.05) is 0 Å². The highest BCUT2D eigenvalue weighted by Crippen LogP contribution is 2.26. The van der Waals surface area contributed by atoms with Crippen molar-refractivity contribution in [1.29, 1.82) is 0 Å². The number of ketones is 1. The second kappa shape index (κ2) is 6.03. The van der Waals surface area contributed by atoms with Crippen LogP contribution in [0.4, 0.5) is 5.95 Å². The first-order chi connectivity index (χ1) is 12.5. The topological polar surface area (TPSA) is 121 Å². The SMILES string of the molecule is CC(=O)C1C=CC=C(Oc2cnn3c(-c4ccc(C)o4)nc(N)nc23)N1. The lowest BCUT2D eigenvalue weighted by Crippen LogP contribution is -2.36. The smallest absolute Gasteiger partial charge is 0.224 e. The van der Waals surface area contributed by atoms with Gasteiger partial charge in [0.1, 0.15) is 11.8 Å². The minimum atomic E-state index is -0.432. The van der Waals surface area contributed by atoms with E-state index in [1.165, 1.54) is 17.6 Å². The van der Waals surface area contributed by atoms with Crippen LogP contribution in [-0.2, 0) is 4.79 Å². The van der Waals surface area contributed by atoms with Gasteiger partial charge in [-0.1, -0.05) is 12.2 Å². The number of ether oxygens (including phenoxy) is 1. The van der Waals surface area contributed by atoms with E-state index in [2.05, 4.69) is 20.4 Å². The fourth-order valence-corrected chi connectivity index (χ4v) is 2.58. The number of rotatable bonds is 4. The average Bonchev–Trinajstić information content (AvgIpc) is 3.21.